The van der Waals surface area contributed by atoms with E-state index in [1.54, 1.807) is 0 Å². The van der Waals surface area contributed by atoms with Crippen molar-refractivity contribution in [2.45, 2.75) is 39.2 Å². The van der Waals surface area contributed by atoms with Crippen molar-refractivity contribution in [1.29, 1.82) is 0 Å². The van der Waals surface area contributed by atoms with Crippen molar-refractivity contribution >= 4 is 0 Å². The van der Waals surface area contributed by atoms with Gasteiger partial charge in [-0.1, -0.05) is 0 Å². The summed E-state index contributed by atoms with van der Waals surface area (Å²) < 4.78 is 5.52. The second-order valence-corrected chi connectivity index (χ2v) is 5.92. The second kappa shape index (κ2) is 5.02. The van der Waals surface area contributed by atoms with Crippen LogP contribution < -0.4 is 0 Å². The molecular formula is C14H23N3O. The van der Waals surface area contributed by atoms with Gasteiger partial charge >= 0.3 is 0 Å². The first-order chi connectivity index (χ1) is 8.76. The fourth-order valence-electron chi connectivity index (χ4n) is 3.45. The Morgan fingerprint density at radius 2 is 2.22 bits per heavy atom. The first-order valence-electron chi connectivity index (χ1n) is 7.06. The van der Waals surface area contributed by atoms with Crippen LogP contribution >= 0.6 is 0 Å². The number of rotatable bonds is 2. The topological polar surface area (TPSA) is 41.2 Å². The van der Waals surface area contributed by atoms with Crippen molar-refractivity contribution in [1.82, 2.24) is 14.9 Å². The summed E-state index contributed by atoms with van der Waals surface area (Å²) in [6, 6.07) is 0. The molecule has 4 heteroatoms. The average Bonchev–Trinajstić information content (AvgIpc) is 2.76. The van der Waals surface area contributed by atoms with E-state index in [9.17, 15) is 0 Å². The number of hydrogen-bond acceptors (Lipinski definition) is 3. The molecule has 18 heavy (non-hydrogen) atoms. The van der Waals surface area contributed by atoms with Crippen LogP contribution in [0.25, 0.3) is 0 Å². The Bertz CT molecular complexity index is 390. The molecule has 0 atom stereocenters. The number of aryl methyl sites for hydroxylation is 1. The molecule has 0 radical (unpaired) electrons. The lowest BCUT2D eigenvalue weighted by Gasteiger charge is -2.45. The zero-order chi connectivity index (χ0) is 12.4. The zero-order valence-electron chi connectivity index (χ0n) is 11.2. The molecule has 2 aliphatic rings. The molecule has 3 rings (SSSR count). The number of imidazole rings is 1. The van der Waals surface area contributed by atoms with E-state index >= 15 is 0 Å². The van der Waals surface area contributed by atoms with Gasteiger partial charge in [0.05, 0.1) is 0 Å². The predicted octanol–water partition coefficient (Wildman–Crippen LogP) is 2.11. The van der Waals surface area contributed by atoms with Gasteiger partial charge in [0.25, 0.3) is 0 Å². The van der Waals surface area contributed by atoms with Gasteiger partial charge in [-0.25, -0.2) is 4.98 Å². The van der Waals surface area contributed by atoms with Crippen LogP contribution in [0.2, 0.25) is 0 Å². The van der Waals surface area contributed by atoms with Crippen molar-refractivity contribution < 1.29 is 4.74 Å². The quantitative estimate of drug-likeness (QED) is 0.873. The van der Waals surface area contributed by atoms with Crippen molar-refractivity contribution in [2.75, 3.05) is 26.3 Å². The lowest BCUT2D eigenvalue weighted by Crippen LogP contribution is -2.45. The minimum atomic E-state index is 0.533. The summed E-state index contributed by atoms with van der Waals surface area (Å²) in [5.74, 6) is 1.02. The van der Waals surface area contributed by atoms with E-state index in [0.29, 0.717) is 5.41 Å². The van der Waals surface area contributed by atoms with Gasteiger partial charge in [0.1, 0.15) is 5.82 Å². The standard InChI is InChI=1S/C14H23N3O/c1-12-15-9-13(16-12)10-17-6-2-3-14(11-17)4-7-18-8-5-14/h9H,2-8,10-11H2,1H3,(H,15,16). The summed E-state index contributed by atoms with van der Waals surface area (Å²) in [6.45, 7) is 7.40. The average molecular weight is 249 g/mol. The van der Waals surface area contributed by atoms with Crippen molar-refractivity contribution in [3.05, 3.63) is 17.7 Å². The SMILES string of the molecule is Cc1ncc(CN2CCCC3(CCOCC3)C2)[nH]1. The van der Waals surface area contributed by atoms with Crippen molar-refractivity contribution in [3.8, 4) is 0 Å². The maximum absolute atomic E-state index is 5.52. The predicted molar refractivity (Wildman–Crippen MR) is 70.3 cm³/mol. The highest BCUT2D eigenvalue weighted by Crippen LogP contribution is 2.39. The van der Waals surface area contributed by atoms with Gasteiger partial charge < -0.3 is 9.72 Å². The van der Waals surface area contributed by atoms with Gasteiger partial charge in [-0.05, 0) is 44.6 Å². The summed E-state index contributed by atoms with van der Waals surface area (Å²) in [5, 5.41) is 0. The molecule has 0 amide bonds. The van der Waals surface area contributed by atoms with E-state index in [1.165, 1.54) is 44.5 Å². The van der Waals surface area contributed by atoms with E-state index in [-0.39, 0.29) is 0 Å². The van der Waals surface area contributed by atoms with Crippen LogP contribution in [-0.2, 0) is 11.3 Å². The number of nitrogens with zero attached hydrogens (tertiary/aromatic N) is 2. The molecule has 0 bridgehead atoms. The molecule has 2 aliphatic heterocycles. The first kappa shape index (κ1) is 12.2. The molecule has 1 aromatic rings. The lowest BCUT2D eigenvalue weighted by molar-refractivity contribution is -0.0293. The Labute approximate surface area is 109 Å². The molecule has 0 aromatic carbocycles. The molecule has 1 aromatic heterocycles. The van der Waals surface area contributed by atoms with E-state index in [2.05, 4.69) is 14.9 Å². The molecule has 0 aliphatic carbocycles. The Kier molecular flexibility index (Phi) is 3.39. The van der Waals surface area contributed by atoms with Gasteiger partial charge in [0.15, 0.2) is 0 Å². The highest BCUT2D eigenvalue weighted by atomic mass is 16.5. The van der Waals surface area contributed by atoms with E-state index in [1.807, 2.05) is 13.1 Å². The van der Waals surface area contributed by atoms with Crippen LogP contribution in [0.5, 0.6) is 0 Å². The zero-order valence-corrected chi connectivity index (χ0v) is 11.2. The maximum Gasteiger partial charge on any atom is 0.103 e. The van der Waals surface area contributed by atoms with Crippen LogP contribution in [0.3, 0.4) is 0 Å². The van der Waals surface area contributed by atoms with Gasteiger partial charge in [-0.2, -0.15) is 0 Å². The monoisotopic (exact) mass is 249 g/mol. The summed E-state index contributed by atoms with van der Waals surface area (Å²) in [7, 11) is 0. The van der Waals surface area contributed by atoms with Crippen LogP contribution in [0.1, 0.15) is 37.2 Å². The van der Waals surface area contributed by atoms with E-state index in [4.69, 9.17) is 4.74 Å². The molecule has 2 saturated heterocycles. The molecule has 0 unspecified atom stereocenters. The van der Waals surface area contributed by atoms with E-state index in [0.717, 1.165) is 25.6 Å². The van der Waals surface area contributed by atoms with Crippen LogP contribution in [0, 0.1) is 12.3 Å². The Morgan fingerprint density at radius 3 is 2.94 bits per heavy atom. The normalized spacial score (nSPS) is 24.5. The maximum atomic E-state index is 5.52. The van der Waals surface area contributed by atoms with Crippen molar-refractivity contribution in [2.24, 2.45) is 5.41 Å². The fraction of sp³-hybridized carbons (Fsp3) is 0.786. The lowest BCUT2D eigenvalue weighted by atomic mass is 9.74. The molecule has 1 N–H and O–H groups in total. The van der Waals surface area contributed by atoms with Gasteiger partial charge in [-0.15, -0.1) is 0 Å². The largest absolute Gasteiger partial charge is 0.381 e. The third-order valence-electron chi connectivity index (χ3n) is 4.44. The highest BCUT2D eigenvalue weighted by Gasteiger charge is 2.36. The smallest absolute Gasteiger partial charge is 0.103 e. The van der Waals surface area contributed by atoms with Crippen LogP contribution in [0.4, 0.5) is 0 Å². The summed E-state index contributed by atoms with van der Waals surface area (Å²) in [5.41, 5.74) is 1.78. The van der Waals surface area contributed by atoms with Crippen molar-refractivity contribution in [3.63, 3.8) is 0 Å². The number of likely N-dealkylation sites (tertiary alicyclic amines) is 1. The molecule has 3 heterocycles. The summed E-state index contributed by atoms with van der Waals surface area (Å²) in [6.07, 6.45) is 7.17. The minimum Gasteiger partial charge on any atom is -0.381 e. The number of nitrogens with one attached hydrogen (secondary N) is 1. The Hall–Kier alpha value is -0.870. The molecule has 1 spiro atoms. The third-order valence-corrected chi connectivity index (χ3v) is 4.44. The number of hydrogen-bond donors (Lipinski definition) is 1. The number of aromatic nitrogens is 2. The Balaban J connectivity index is 1.63. The molecule has 0 saturated carbocycles. The minimum absolute atomic E-state index is 0.533. The van der Waals surface area contributed by atoms with Gasteiger partial charge in [0.2, 0.25) is 0 Å². The summed E-state index contributed by atoms with van der Waals surface area (Å²) in [4.78, 5) is 10.2. The van der Waals surface area contributed by atoms with Crippen LogP contribution in [-0.4, -0.2) is 41.2 Å². The second-order valence-electron chi connectivity index (χ2n) is 5.92. The number of ether oxygens (including phenoxy) is 1. The van der Waals surface area contributed by atoms with Gasteiger partial charge in [-0.3, -0.25) is 4.90 Å². The number of piperidine rings is 1. The highest BCUT2D eigenvalue weighted by molar-refractivity contribution is 5.01. The first-order valence-corrected chi connectivity index (χ1v) is 7.06. The Morgan fingerprint density at radius 1 is 1.39 bits per heavy atom. The van der Waals surface area contributed by atoms with Gasteiger partial charge in [0, 0.05) is 38.2 Å². The third kappa shape index (κ3) is 2.59. The molecular weight excluding hydrogens is 226 g/mol. The number of aromatic amines is 1. The molecule has 2 fully saturated rings. The van der Waals surface area contributed by atoms with E-state index < -0.39 is 0 Å². The fourth-order valence-corrected chi connectivity index (χ4v) is 3.45. The summed E-state index contributed by atoms with van der Waals surface area (Å²) >= 11 is 0. The van der Waals surface area contributed by atoms with Crippen LogP contribution in [0.15, 0.2) is 6.20 Å². The molecule has 100 valence electrons. The molecule has 4 nitrogen and oxygen atoms in total. The number of H-pyrrole nitrogens is 1.